The first-order valence-corrected chi connectivity index (χ1v) is 11.6. The Balaban J connectivity index is 2.32. The fraction of sp³-hybridized carbons (Fsp3) is 0.632. The van der Waals surface area contributed by atoms with Gasteiger partial charge in [-0.3, -0.25) is 9.69 Å². The lowest BCUT2D eigenvalue weighted by atomic mass is 9.75. The number of nitrogens with zero attached hydrogens (tertiary/aromatic N) is 1. The summed E-state index contributed by atoms with van der Waals surface area (Å²) < 4.78 is 6.47. The van der Waals surface area contributed by atoms with Gasteiger partial charge >= 0.3 is 5.97 Å². The Hall–Kier alpha value is -1.17. The minimum Gasteiger partial charge on any atom is -0.480 e. The van der Waals surface area contributed by atoms with Crippen molar-refractivity contribution >= 4 is 15.0 Å². The topological polar surface area (TPSA) is 49.8 Å². The van der Waals surface area contributed by atoms with Crippen LogP contribution < -0.4 is 0 Å². The van der Waals surface area contributed by atoms with Gasteiger partial charge in [-0.25, -0.2) is 0 Å². The first-order valence-electron chi connectivity index (χ1n) is 8.83. The first-order chi connectivity index (χ1) is 11.2. The van der Waals surface area contributed by atoms with Crippen molar-refractivity contribution in [2.24, 2.45) is 11.3 Å². The van der Waals surface area contributed by atoms with Gasteiger partial charge in [0.2, 0.25) is 0 Å². The second-order valence-corrected chi connectivity index (χ2v) is 10.6. The van der Waals surface area contributed by atoms with Crippen molar-refractivity contribution in [1.29, 1.82) is 0 Å². The third-order valence-corrected chi connectivity index (χ3v) is 5.53. The quantitative estimate of drug-likeness (QED) is 0.801. The van der Waals surface area contributed by atoms with Gasteiger partial charge in [0.05, 0.1) is 12.6 Å². The average molecular weight is 350 g/mol. The number of carbonyl (C=O) groups is 1. The minimum atomic E-state index is -1.19. The Labute approximate surface area is 147 Å². The lowest BCUT2D eigenvalue weighted by Crippen LogP contribution is -2.42. The molecule has 3 atom stereocenters. The second-order valence-electron chi connectivity index (χ2n) is 8.24. The molecule has 0 aliphatic carbocycles. The van der Waals surface area contributed by atoms with E-state index in [2.05, 4.69) is 63.0 Å². The number of rotatable bonds is 6. The van der Waals surface area contributed by atoms with Crippen molar-refractivity contribution in [3.8, 4) is 0 Å². The number of carboxylic acid groups (broad SMARTS) is 1. The van der Waals surface area contributed by atoms with Gasteiger partial charge in [0.1, 0.15) is 0 Å². The van der Waals surface area contributed by atoms with Gasteiger partial charge in [-0.1, -0.05) is 51.1 Å². The normalized spacial score (nSPS) is 23.6. The predicted octanol–water partition coefficient (Wildman–Crippen LogP) is 3.20. The SMILES string of the molecule is C[SiH](C)O[C@H](C1CN(CC(=O)O)CC1c1ccccc1)C(C)(C)C. The second kappa shape index (κ2) is 7.81. The summed E-state index contributed by atoms with van der Waals surface area (Å²) in [6, 6.07) is 10.5. The highest BCUT2D eigenvalue weighted by Crippen LogP contribution is 2.41. The molecule has 4 nitrogen and oxygen atoms in total. The highest BCUT2D eigenvalue weighted by molar-refractivity contribution is 6.48. The van der Waals surface area contributed by atoms with Crippen LogP contribution in [0.15, 0.2) is 30.3 Å². The van der Waals surface area contributed by atoms with Crippen LogP contribution in [0.25, 0.3) is 0 Å². The molecule has 0 bridgehead atoms. The summed E-state index contributed by atoms with van der Waals surface area (Å²) >= 11 is 0. The number of aliphatic carboxylic acids is 1. The summed E-state index contributed by atoms with van der Waals surface area (Å²) in [5.74, 6) is -0.113. The van der Waals surface area contributed by atoms with Crippen LogP contribution in [0.3, 0.4) is 0 Å². The third kappa shape index (κ3) is 4.91. The van der Waals surface area contributed by atoms with Gasteiger partial charge in [-0.05, 0) is 24.1 Å². The maximum Gasteiger partial charge on any atom is 0.317 e. The standard InChI is InChI=1S/C19H31NO3Si/c1-19(2,3)18(23-24(4)5)16-12-20(13-17(21)22)11-15(16)14-9-7-6-8-10-14/h6-10,15-16,18,24H,11-13H2,1-5H3,(H,21,22)/t15?,16?,18-/m1/s1. The number of hydrogen-bond donors (Lipinski definition) is 1. The molecule has 0 amide bonds. The molecule has 1 aliphatic heterocycles. The van der Waals surface area contributed by atoms with E-state index in [0.717, 1.165) is 13.1 Å². The Morgan fingerprint density at radius 1 is 1.29 bits per heavy atom. The average Bonchev–Trinajstić information content (AvgIpc) is 2.87. The Bertz CT molecular complexity index is 541. The largest absolute Gasteiger partial charge is 0.480 e. The van der Waals surface area contributed by atoms with Crippen molar-refractivity contribution in [3.63, 3.8) is 0 Å². The molecule has 0 saturated carbocycles. The van der Waals surface area contributed by atoms with E-state index < -0.39 is 15.0 Å². The summed E-state index contributed by atoms with van der Waals surface area (Å²) in [7, 11) is -1.19. The molecule has 1 N–H and O–H groups in total. The Morgan fingerprint density at radius 2 is 1.92 bits per heavy atom. The highest BCUT2D eigenvalue weighted by atomic mass is 28.3. The van der Waals surface area contributed by atoms with Gasteiger partial charge in [0.15, 0.2) is 9.04 Å². The smallest absolute Gasteiger partial charge is 0.317 e. The molecule has 1 aliphatic rings. The van der Waals surface area contributed by atoms with Crippen LogP contribution in [-0.2, 0) is 9.22 Å². The summed E-state index contributed by atoms with van der Waals surface area (Å²) in [6.07, 6.45) is 0.146. The molecule has 1 aromatic carbocycles. The molecule has 0 spiro atoms. The van der Waals surface area contributed by atoms with Crippen molar-refractivity contribution in [1.82, 2.24) is 4.90 Å². The maximum atomic E-state index is 11.2. The zero-order valence-electron chi connectivity index (χ0n) is 15.5. The van der Waals surface area contributed by atoms with E-state index in [0.29, 0.717) is 11.8 Å². The molecule has 5 heteroatoms. The summed E-state index contributed by atoms with van der Waals surface area (Å²) in [6.45, 7) is 12.8. The highest BCUT2D eigenvalue weighted by Gasteiger charge is 2.44. The van der Waals surface area contributed by atoms with E-state index in [1.165, 1.54) is 5.56 Å². The fourth-order valence-corrected chi connectivity index (χ4v) is 5.03. The zero-order chi connectivity index (χ0) is 17.9. The molecule has 1 fully saturated rings. The minimum absolute atomic E-state index is 0.0359. The van der Waals surface area contributed by atoms with Gasteiger partial charge in [0.25, 0.3) is 0 Å². The first kappa shape index (κ1) is 19.2. The van der Waals surface area contributed by atoms with Crippen LogP contribution in [0, 0.1) is 11.3 Å². The van der Waals surface area contributed by atoms with Crippen molar-refractivity contribution in [2.75, 3.05) is 19.6 Å². The van der Waals surface area contributed by atoms with E-state index in [4.69, 9.17) is 4.43 Å². The Kier molecular flexibility index (Phi) is 6.23. The van der Waals surface area contributed by atoms with E-state index >= 15 is 0 Å². The molecular weight excluding hydrogens is 318 g/mol. The summed E-state index contributed by atoms with van der Waals surface area (Å²) in [5.41, 5.74) is 1.33. The molecule has 1 saturated heterocycles. The molecule has 0 aromatic heterocycles. The van der Waals surface area contributed by atoms with Gasteiger partial charge < -0.3 is 9.53 Å². The van der Waals surface area contributed by atoms with Gasteiger partial charge in [0, 0.05) is 24.9 Å². The van der Waals surface area contributed by atoms with E-state index in [1.807, 2.05) is 6.07 Å². The molecule has 2 rings (SSSR count). The van der Waals surface area contributed by atoms with E-state index in [1.54, 1.807) is 0 Å². The molecule has 24 heavy (non-hydrogen) atoms. The molecule has 134 valence electrons. The fourth-order valence-electron chi connectivity index (χ4n) is 3.83. The van der Waals surface area contributed by atoms with Crippen LogP contribution in [0.4, 0.5) is 0 Å². The number of carboxylic acids is 1. The lowest BCUT2D eigenvalue weighted by molar-refractivity contribution is -0.138. The van der Waals surface area contributed by atoms with Crippen molar-refractivity contribution in [2.45, 2.75) is 45.9 Å². The van der Waals surface area contributed by atoms with Gasteiger partial charge in [-0.2, -0.15) is 0 Å². The zero-order valence-corrected chi connectivity index (χ0v) is 16.7. The van der Waals surface area contributed by atoms with E-state index in [9.17, 15) is 9.90 Å². The van der Waals surface area contributed by atoms with Gasteiger partial charge in [-0.15, -0.1) is 0 Å². The van der Waals surface area contributed by atoms with E-state index in [-0.39, 0.29) is 18.1 Å². The number of likely N-dealkylation sites (tertiary alicyclic amines) is 1. The molecular formula is C19H31NO3Si. The van der Waals surface area contributed by atoms with Crippen LogP contribution in [-0.4, -0.2) is 50.8 Å². The molecule has 1 heterocycles. The summed E-state index contributed by atoms with van der Waals surface area (Å²) in [5, 5.41) is 9.19. The van der Waals surface area contributed by atoms with Crippen LogP contribution >= 0.6 is 0 Å². The number of hydrogen-bond acceptors (Lipinski definition) is 3. The molecule has 1 aromatic rings. The monoisotopic (exact) mass is 349 g/mol. The van der Waals surface area contributed by atoms with Crippen LogP contribution in [0.2, 0.25) is 13.1 Å². The van der Waals surface area contributed by atoms with Crippen LogP contribution in [0.1, 0.15) is 32.3 Å². The van der Waals surface area contributed by atoms with Crippen molar-refractivity contribution < 1.29 is 14.3 Å². The third-order valence-electron chi connectivity index (χ3n) is 4.69. The Morgan fingerprint density at radius 3 is 2.42 bits per heavy atom. The molecule has 2 unspecified atom stereocenters. The lowest BCUT2D eigenvalue weighted by Gasteiger charge is -2.39. The van der Waals surface area contributed by atoms with Crippen LogP contribution in [0.5, 0.6) is 0 Å². The van der Waals surface area contributed by atoms with Crippen molar-refractivity contribution in [3.05, 3.63) is 35.9 Å². The number of benzene rings is 1. The predicted molar refractivity (Wildman–Crippen MR) is 100.0 cm³/mol. The molecule has 0 radical (unpaired) electrons. The maximum absolute atomic E-state index is 11.2. The summed E-state index contributed by atoms with van der Waals surface area (Å²) in [4.78, 5) is 13.2.